The van der Waals surface area contributed by atoms with Crippen LogP contribution in [0.5, 0.6) is 0 Å². The number of aliphatic hydroxyl groups excluding tert-OH is 1. The van der Waals surface area contributed by atoms with Crippen molar-refractivity contribution < 1.29 is 52.4 Å². The van der Waals surface area contributed by atoms with E-state index in [1.807, 2.05) is 0 Å². The first-order valence-electron chi connectivity index (χ1n) is 14.7. The van der Waals surface area contributed by atoms with Gasteiger partial charge in [0.25, 0.3) is 0 Å². The summed E-state index contributed by atoms with van der Waals surface area (Å²) in [6.07, 6.45) is 4.68. The minimum Gasteiger partial charge on any atom is -0.481 e. The number of rotatable bonds is 8. The van der Waals surface area contributed by atoms with Gasteiger partial charge >= 0.3 is 23.9 Å². The van der Waals surface area contributed by atoms with Gasteiger partial charge in [-0.1, -0.05) is 12.8 Å². The maximum Gasteiger partial charge on any atom is 0.310 e. The van der Waals surface area contributed by atoms with Gasteiger partial charge in [0.05, 0.1) is 40.3 Å². The van der Waals surface area contributed by atoms with Crippen molar-refractivity contribution in [1.82, 2.24) is 0 Å². The van der Waals surface area contributed by atoms with Crippen molar-refractivity contribution in [1.29, 1.82) is 0 Å². The molecule has 0 amide bonds. The second-order valence-electron chi connectivity index (χ2n) is 12.1. The zero-order chi connectivity index (χ0) is 29.0. The molecule has 4 fully saturated rings. The van der Waals surface area contributed by atoms with E-state index in [1.54, 1.807) is 0 Å². The summed E-state index contributed by atoms with van der Waals surface area (Å²) in [5.41, 5.74) is 0. The summed E-state index contributed by atoms with van der Waals surface area (Å²) in [4.78, 5) is 48.5. The average Bonchev–Trinajstić information content (AvgIpc) is 2.93. The van der Waals surface area contributed by atoms with Crippen LogP contribution in [0.3, 0.4) is 0 Å². The van der Waals surface area contributed by atoms with Crippen molar-refractivity contribution in [3.05, 3.63) is 0 Å². The van der Waals surface area contributed by atoms with Gasteiger partial charge in [-0.05, 0) is 83.5 Å². The van der Waals surface area contributed by atoms with Gasteiger partial charge in [0.1, 0.15) is 12.2 Å². The highest BCUT2D eigenvalue weighted by molar-refractivity contribution is 7.92. The van der Waals surface area contributed by atoms with E-state index in [0.29, 0.717) is 70.6 Å². The Morgan fingerprint density at radius 1 is 0.550 bits per heavy atom. The topological polar surface area (TPSA) is 182 Å². The molecule has 0 aliphatic heterocycles. The van der Waals surface area contributed by atoms with Crippen LogP contribution in [0.2, 0.25) is 0 Å². The summed E-state index contributed by atoms with van der Waals surface area (Å²) in [5.74, 6) is -6.31. The highest BCUT2D eigenvalue weighted by atomic mass is 32.2. The Kier molecular flexibility index (Phi) is 10.1. The predicted molar refractivity (Wildman–Crippen MR) is 141 cm³/mol. The molecule has 0 radical (unpaired) electrons. The predicted octanol–water partition coefficient (Wildman–Crippen LogP) is 2.86. The molecular weight excluding hydrogens is 544 g/mol. The third kappa shape index (κ3) is 7.16. The number of aliphatic hydroxyl groups is 1. The Hall–Kier alpha value is -2.21. The maximum atomic E-state index is 13.4. The molecule has 226 valence electrons. The molecule has 4 aliphatic rings. The minimum atomic E-state index is -3.44. The third-order valence-electron chi connectivity index (χ3n) is 9.57. The molecule has 0 spiro atoms. The number of hydrogen-bond donors (Lipinski definition) is 3. The lowest BCUT2D eigenvalue weighted by Crippen LogP contribution is -2.42. The summed E-state index contributed by atoms with van der Waals surface area (Å²) in [5, 5.41) is 27.6. The lowest BCUT2D eigenvalue weighted by atomic mass is 9.78. The van der Waals surface area contributed by atoms with Crippen molar-refractivity contribution in [2.24, 2.45) is 23.7 Å². The molecule has 12 heteroatoms. The summed E-state index contributed by atoms with van der Waals surface area (Å²) in [7, 11) is -3.44. The lowest BCUT2D eigenvalue weighted by Gasteiger charge is -2.35. The van der Waals surface area contributed by atoms with E-state index in [2.05, 4.69) is 0 Å². The Morgan fingerprint density at radius 2 is 0.975 bits per heavy atom. The van der Waals surface area contributed by atoms with Crippen LogP contribution >= 0.6 is 0 Å². The standard InChI is InChI=1S/C28H42O11S/c29-16-5-14-23(24(15-16)26(32)33)28(35)39-18-8-12-20(13-9-18)40(36,37)19-10-6-17(7-11-19)38-27(34)22-4-2-1-3-21(22)25(30)31/h16-24,29H,1-15H2,(H,30,31)(H,32,33). The average molecular weight is 587 g/mol. The molecule has 0 saturated heterocycles. The van der Waals surface area contributed by atoms with Gasteiger partial charge in [-0.15, -0.1) is 0 Å². The largest absolute Gasteiger partial charge is 0.481 e. The molecule has 0 aromatic carbocycles. The van der Waals surface area contributed by atoms with E-state index in [0.717, 1.165) is 12.8 Å². The molecule has 0 aromatic rings. The number of sulfone groups is 1. The highest BCUT2D eigenvalue weighted by Crippen LogP contribution is 2.37. The normalized spacial score (nSPS) is 37.2. The van der Waals surface area contributed by atoms with Gasteiger partial charge in [-0.2, -0.15) is 0 Å². The minimum absolute atomic E-state index is 0.0188. The van der Waals surface area contributed by atoms with Crippen molar-refractivity contribution >= 4 is 33.7 Å². The molecule has 0 bridgehead atoms. The maximum absolute atomic E-state index is 13.4. The van der Waals surface area contributed by atoms with Crippen LogP contribution in [-0.2, 0) is 38.5 Å². The molecule has 4 aliphatic carbocycles. The Bertz CT molecular complexity index is 1040. The number of carbonyl (C=O) groups excluding carboxylic acids is 2. The monoisotopic (exact) mass is 586 g/mol. The molecule has 0 aromatic heterocycles. The number of ether oxygens (including phenoxy) is 2. The number of hydrogen-bond acceptors (Lipinski definition) is 9. The Labute approximate surface area is 234 Å². The first-order valence-corrected chi connectivity index (χ1v) is 16.4. The van der Waals surface area contributed by atoms with Crippen LogP contribution in [0.1, 0.15) is 96.3 Å². The van der Waals surface area contributed by atoms with Crippen LogP contribution in [-0.4, -0.2) is 76.4 Å². The molecule has 0 heterocycles. The first kappa shape index (κ1) is 30.7. The van der Waals surface area contributed by atoms with Crippen LogP contribution in [0.25, 0.3) is 0 Å². The molecule has 40 heavy (non-hydrogen) atoms. The number of esters is 2. The van der Waals surface area contributed by atoms with E-state index in [4.69, 9.17) is 9.47 Å². The molecule has 11 nitrogen and oxygen atoms in total. The van der Waals surface area contributed by atoms with Gasteiger partial charge < -0.3 is 24.8 Å². The van der Waals surface area contributed by atoms with E-state index in [1.165, 1.54) is 0 Å². The van der Waals surface area contributed by atoms with Crippen LogP contribution in [0.15, 0.2) is 0 Å². The van der Waals surface area contributed by atoms with Gasteiger partial charge in [0, 0.05) is 0 Å². The molecule has 4 saturated carbocycles. The number of carboxylic acids is 2. The third-order valence-corrected chi connectivity index (χ3v) is 12.4. The smallest absolute Gasteiger partial charge is 0.310 e. The lowest BCUT2D eigenvalue weighted by molar-refractivity contribution is -0.166. The molecule has 3 N–H and O–H groups in total. The number of aliphatic carboxylic acids is 2. The summed E-state index contributed by atoms with van der Waals surface area (Å²) in [6, 6.07) is 0. The summed E-state index contributed by atoms with van der Waals surface area (Å²) in [6.45, 7) is 0. The van der Waals surface area contributed by atoms with Crippen LogP contribution < -0.4 is 0 Å². The van der Waals surface area contributed by atoms with Crippen molar-refractivity contribution in [3.63, 3.8) is 0 Å². The van der Waals surface area contributed by atoms with E-state index < -0.39 is 86.2 Å². The fourth-order valence-corrected chi connectivity index (χ4v) is 9.55. The fourth-order valence-electron chi connectivity index (χ4n) is 7.14. The van der Waals surface area contributed by atoms with E-state index in [-0.39, 0.29) is 12.8 Å². The Balaban J connectivity index is 1.23. The van der Waals surface area contributed by atoms with E-state index in [9.17, 15) is 42.9 Å². The van der Waals surface area contributed by atoms with Crippen molar-refractivity contribution in [2.45, 2.75) is 125 Å². The SMILES string of the molecule is O=C(O)C1CCCCC1C(=O)OC1CCC(S(=O)(=O)C2CCC(OC(=O)C3CCC(O)CC3C(=O)O)CC2)CC1. The number of carboxylic acid groups (broad SMARTS) is 2. The van der Waals surface area contributed by atoms with Crippen molar-refractivity contribution in [2.75, 3.05) is 0 Å². The van der Waals surface area contributed by atoms with Gasteiger partial charge in [0.15, 0.2) is 9.84 Å². The zero-order valence-corrected chi connectivity index (χ0v) is 23.6. The van der Waals surface area contributed by atoms with Gasteiger partial charge in [-0.3, -0.25) is 19.2 Å². The van der Waals surface area contributed by atoms with Crippen molar-refractivity contribution in [3.8, 4) is 0 Å². The molecule has 4 rings (SSSR count). The number of carbonyl (C=O) groups is 4. The fraction of sp³-hybridized carbons (Fsp3) is 0.857. The first-order chi connectivity index (χ1) is 19.0. The quantitative estimate of drug-likeness (QED) is 0.356. The second-order valence-corrected chi connectivity index (χ2v) is 14.6. The zero-order valence-electron chi connectivity index (χ0n) is 22.8. The Morgan fingerprint density at radius 3 is 1.43 bits per heavy atom. The summed E-state index contributed by atoms with van der Waals surface area (Å²) < 4.78 is 38.0. The highest BCUT2D eigenvalue weighted by Gasteiger charge is 2.43. The molecule has 5 unspecified atom stereocenters. The molecule has 5 atom stereocenters. The van der Waals surface area contributed by atoms with Crippen LogP contribution in [0, 0.1) is 23.7 Å². The van der Waals surface area contributed by atoms with E-state index >= 15 is 0 Å². The molecular formula is C28H42O11S. The van der Waals surface area contributed by atoms with Gasteiger partial charge in [-0.25, -0.2) is 8.42 Å². The summed E-state index contributed by atoms with van der Waals surface area (Å²) >= 11 is 0. The second kappa shape index (κ2) is 13.2. The van der Waals surface area contributed by atoms with Gasteiger partial charge in [0.2, 0.25) is 0 Å². The van der Waals surface area contributed by atoms with Crippen LogP contribution in [0.4, 0.5) is 0 Å².